The molecule has 0 saturated carbocycles. The van der Waals surface area contributed by atoms with Gasteiger partial charge in [-0.1, -0.05) is 61.9 Å². The lowest BCUT2D eigenvalue weighted by Crippen LogP contribution is -2.25. The Morgan fingerprint density at radius 1 is 1.12 bits per heavy atom. The van der Waals surface area contributed by atoms with E-state index in [0.29, 0.717) is 5.96 Å². The number of nitrogens with two attached hydrogens (primary N) is 1. The summed E-state index contributed by atoms with van der Waals surface area (Å²) < 4.78 is 0. The minimum atomic E-state index is -0.655. The second-order valence-electron chi connectivity index (χ2n) is 5.94. The van der Waals surface area contributed by atoms with Crippen molar-refractivity contribution in [2.75, 3.05) is 11.9 Å². The molecule has 4 nitrogen and oxygen atoms in total. The number of nitrogens with one attached hydrogen (secondary N) is 1. The maximum Gasteiger partial charge on any atom is 0.193 e. The van der Waals surface area contributed by atoms with Crippen LogP contribution in [0.2, 0.25) is 0 Å². The monoisotopic (exact) mass is 325 g/mol. The lowest BCUT2D eigenvalue weighted by atomic mass is 10.0. The molecule has 2 aromatic rings. The minimum Gasteiger partial charge on any atom is -0.386 e. The van der Waals surface area contributed by atoms with Crippen LogP contribution in [0.5, 0.6) is 0 Å². The molecular weight excluding hydrogens is 298 g/mol. The van der Waals surface area contributed by atoms with Crippen molar-refractivity contribution in [3.8, 4) is 0 Å². The van der Waals surface area contributed by atoms with Gasteiger partial charge in [-0.3, -0.25) is 4.99 Å². The maximum absolute atomic E-state index is 10.3. The quantitative estimate of drug-likeness (QED) is 0.561. The first-order chi connectivity index (χ1) is 11.5. The summed E-state index contributed by atoms with van der Waals surface area (Å²) in [6.45, 7) is 6.48. The van der Waals surface area contributed by atoms with E-state index in [-0.39, 0.29) is 6.54 Å². The first-order valence-corrected chi connectivity index (χ1v) is 8.47. The van der Waals surface area contributed by atoms with E-state index < -0.39 is 6.10 Å². The van der Waals surface area contributed by atoms with Gasteiger partial charge < -0.3 is 16.2 Å². The number of nitrogens with zero attached hydrogens (tertiary/aromatic N) is 1. The van der Waals surface area contributed by atoms with Gasteiger partial charge in [-0.25, -0.2) is 0 Å². The van der Waals surface area contributed by atoms with Crippen LogP contribution in [0, 0.1) is 6.92 Å². The number of aliphatic imine (C=N–C) groups is 1. The lowest BCUT2D eigenvalue weighted by Gasteiger charge is -2.15. The average molecular weight is 325 g/mol. The maximum atomic E-state index is 10.3. The summed E-state index contributed by atoms with van der Waals surface area (Å²) in [5.41, 5.74) is 11.5. The highest BCUT2D eigenvalue weighted by atomic mass is 16.3. The molecule has 0 radical (unpaired) electrons. The number of hydrogen-bond acceptors (Lipinski definition) is 2. The number of aliphatic hydroxyl groups is 1. The van der Waals surface area contributed by atoms with Crippen molar-refractivity contribution < 1.29 is 5.11 Å². The molecule has 128 valence electrons. The van der Waals surface area contributed by atoms with Crippen molar-refractivity contribution in [2.24, 2.45) is 10.7 Å². The molecule has 0 heterocycles. The SMILES string of the molecule is CCc1cccc(CC)c1NC(N)=NCC(O)c1cccc(C)c1. The molecule has 0 fully saturated rings. The van der Waals surface area contributed by atoms with Gasteiger partial charge in [0.05, 0.1) is 12.6 Å². The van der Waals surface area contributed by atoms with Gasteiger partial charge in [-0.2, -0.15) is 0 Å². The molecule has 4 heteroatoms. The second kappa shape index (κ2) is 8.50. The van der Waals surface area contributed by atoms with Crippen molar-refractivity contribution >= 4 is 11.6 Å². The fourth-order valence-corrected chi connectivity index (χ4v) is 2.74. The van der Waals surface area contributed by atoms with Gasteiger partial charge in [0.1, 0.15) is 0 Å². The molecule has 0 saturated heterocycles. The first-order valence-electron chi connectivity index (χ1n) is 8.47. The van der Waals surface area contributed by atoms with E-state index in [1.54, 1.807) is 0 Å². The zero-order chi connectivity index (χ0) is 17.5. The number of guanidine groups is 1. The Morgan fingerprint density at radius 3 is 2.33 bits per heavy atom. The van der Waals surface area contributed by atoms with E-state index in [4.69, 9.17) is 5.73 Å². The molecule has 0 aromatic heterocycles. The standard InChI is InChI=1S/C20H27N3O/c1-4-15-9-7-10-16(5-2)19(15)23-20(21)22-13-18(24)17-11-6-8-14(3)12-17/h6-12,18,24H,4-5,13H2,1-3H3,(H3,21,22,23). The van der Waals surface area contributed by atoms with E-state index in [0.717, 1.165) is 29.7 Å². The summed E-state index contributed by atoms with van der Waals surface area (Å²) in [6, 6.07) is 14.1. The van der Waals surface area contributed by atoms with Crippen molar-refractivity contribution in [3.63, 3.8) is 0 Å². The number of aliphatic hydroxyl groups excluding tert-OH is 1. The van der Waals surface area contributed by atoms with E-state index in [1.165, 1.54) is 11.1 Å². The predicted octanol–water partition coefficient (Wildman–Crippen LogP) is 3.58. The Hall–Kier alpha value is -2.33. The smallest absolute Gasteiger partial charge is 0.193 e. The number of benzene rings is 2. The Labute approximate surface area is 144 Å². The van der Waals surface area contributed by atoms with E-state index in [1.807, 2.05) is 31.2 Å². The topological polar surface area (TPSA) is 70.6 Å². The largest absolute Gasteiger partial charge is 0.386 e. The number of hydrogen-bond donors (Lipinski definition) is 3. The first kappa shape index (κ1) is 18.0. The Balaban J connectivity index is 2.09. The Kier molecular flexibility index (Phi) is 6.38. The molecule has 0 bridgehead atoms. The van der Waals surface area contributed by atoms with Gasteiger partial charge in [0.25, 0.3) is 0 Å². The minimum absolute atomic E-state index is 0.234. The van der Waals surface area contributed by atoms with Crippen LogP contribution in [-0.4, -0.2) is 17.6 Å². The van der Waals surface area contributed by atoms with Gasteiger partial charge in [0, 0.05) is 5.69 Å². The van der Waals surface area contributed by atoms with Gasteiger partial charge >= 0.3 is 0 Å². The molecule has 0 aliphatic heterocycles. The molecule has 2 aromatic carbocycles. The summed E-state index contributed by atoms with van der Waals surface area (Å²) in [5, 5.41) is 13.5. The second-order valence-corrected chi connectivity index (χ2v) is 5.94. The van der Waals surface area contributed by atoms with Gasteiger partial charge in [-0.05, 0) is 36.5 Å². The third-order valence-electron chi connectivity index (χ3n) is 4.11. The molecule has 4 N–H and O–H groups in total. The molecule has 2 rings (SSSR count). The summed E-state index contributed by atoms with van der Waals surface area (Å²) in [6.07, 6.45) is 1.20. The number of rotatable bonds is 6. The number of anilines is 1. The lowest BCUT2D eigenvalue weighted by molar-refractivity contribution is 0.187. The molecule has 0 amide bonds. The fourth-order valence-electron chi connectivity index (χ4n) is 2.74. The van der Waals surface area contributed by atoms with Gasteiger partial charge in [-0.15, -0.1) is 0 Å². The summed E-state index contributed by atoms with van der Waals surface area (Å²) in [7, 11) is 0. The van der Waals surface area contributed by atoms with Crippen LogP contribution in [0.25, 0.3) is 0 Å². The molecule has 0 aliphatic carbocycles. The highest BCUT2D eigenvalue weighted by Crippen LogP contribution is 2.22. The zero-order valence-electron chi connectivity index (χ0n) is 14.7. The van der Waals surface area contributed by atoms with Crippen molar-refractivity contribution in [3.05, 3.63) is 64.7 Å². The molecule has 0 spiro atoms. The van der Waals surface area contributed by atoms with Crippen LogP contribution in [0.1, 0.15) is 42.2 Å². The van der Waals surface area contributed by atoms with Crippen molar-refractivity contribution in [2.45, 2.75) is 39.7 Å². The highest BCUT2D eigenvalue weighted by Gasteiger charge is 2.09. The van der Waals surface area contributed by atoms with Crippen LogP contribution >= 0.6 is 0 Å². The normalized spacial score (nSPS) is 12.9. The van der Waals surface area contributed by atoms with E-state index in [9.17, 15) is 5.11 Å². The van der Waals surface area contributed by atoms with Crippen LogP contribution in [0.3, 0.4) is 0 Å². The van der Waals surface area contributed by atoms with Gasteiger partial charge in [0.15, 0.2) is 5.96 Å². The van der Waals surface area contributed by atoms with Crippen molar-refractivity contribution in [1.82, 2.24) is 0 Å². The van der Waals surface area contributed by atoms with Crippen LogP contribution in [-0.2, 0) is 12.8 Å². The van der Waals surface area contributed by atoms with E-state index >= 15 is 0 Å². The van der Waals surface area contributed by atoms with E-state index in [2.05, 4.69) is 42.4 Å². The Bertz CT molecular complexity index is 688. The number of aryl methyl sites for hydroxylation is 3. The Morgan fingerprint density at radius 2 is 1.75 bits per heavy atom. The van der Waals surface area contributed by atoms with Crippen LogP contribution in [0.15, 0.2) is 47.5 Å². The summed E-state index contributed by atoms with van der Waals surface area (Å²) >= 11 is 0. The van der Waals surface area contributed by atoms with Crippen LogP contribution in [0.4, 0.5) is 5.69 Å². The van der Waals surface area contributed by atoms with Crippen LogP contribution < -0.4 is 11.1 Å². The van der Waals surface area contributed by atoms with Gasteiger partial charge in [0.2, 0.25) is 0 Å². The average Bonchev–Trinajstić information content (AvgIpc) is 2.59. The highest BCUT2D eigenvalue weighted by molar-refractivity contribution is 5.93. The molecule has 24 heavy (non-hydrogen) atoms. The number of para-hydroxylation sites is 1. The fraction of sp³-hybridized carbons (Fsp3) is 0.350. The zero-order valence-corrected chi connectivity index (χ0v) is 14.7. The summed E-state index contributed by atoms with van der Waals surface area (Å²) in [5.74, 6) is 0.331. The third kappa shape index (κ3) is 4.59. The van der Waals surface area contributed by atoms with Crippen molar-refractivity contribution in [1.29, 1.82) is 0 Å². The molecule has 0 aliphatic rings. The molecule has 1 atom stereocenters. The molecular formula is C20H27N3O. The molecule has 1 unspecified atom stereocenters. The third-order valence-corrected chi connectivity index (χ3v) is 4.11. The summed E-state index contributed by atoms with van der Waals surface area (Å²) in [4.78, 5) is 4.31. The predicted molar refractivity (Wildman–Crippen MR) is 101 cm³/mol.